The number of hydrogen-bond acceptors (Lipinski definition) is 12. The second-order valence-corrected chi connectivity index (χ2v) is 22.0. The van der Waals surface area contributed by atoms with E-state index in [2.05, 4.69) is 0 Å². The second kappa shape index (κ2) is 12.4. The molecule has 12 heteroatoms. The van der Waals surface area contributed by atoms with Gasteiger partial charge in [0.15, 0.2) is 49.9 Å². The molecule has 72 heavy (non-hydrogen) atoms. The molecule has 0 unspecified atom stereocenters. The molecule has 0 aliphatic heterocycles. The topological polar surface area (TPSA) is 193 Å². The Bertz CT molecular complexity index is 4340. The van der Waals surface area contributed by atoms with Crippen LogP contribution in [0.5, 0.6) is 0 Å². The first kappa shape index (κ1) is 40.5. The zero-order chi connectivity index (χ0) is 49.1. The molecule has 0 fully saturated rings. The summed E-state index contributed by atoms with van der Waals surface area (Å²) < 4.78 is 17.7. The fourth-order valence-corrected chi connectivity index (χ4v) is 15.3. The summed E-state index contributed by atoms with van der Waals surface area (Å²) >= 11 is 0. The molecular weight excluding hydrogens is 913 g/mol. The maximum absolute atomic E-state index is 15.8. The van der Waals surface area contributed by atoms with Crippen molar-refractivity contribution in [3.8, 4) is 0 Å². The van der Waals surface area contributed by atoms with Gasteiger partial charge in [0.1, 0.15) is 0 Å². The van der Waals surface area contributed by atoms with Gasteiger partial charge < -0.3 is 13.3 Å². The van der Waals surface area contributed by atoms with Gasteiger partial charge in [-0.05, 0) is 128 Å². The lowest BCUT2D eigenvalue weighted by atomic mass is 9.62. The van der Waals surface area contributed by atoms with Gasteiger partial charge in [0.05, 0.1) is 18.8 Å². The van der Waals surface area contributed by atoms with Crippen molar-refractivity contribution in [3.05, 3.63) is 201 Å². The van der Waals surface area contributed by atoms with Crippen LogP contribution in [0.4, 0.5) is 0 Å². The maximum atomic E-state index is 15.8. The predicted octanol–water partition coefficient (Wildman–Crippen LogP) is 8.42. The molecule has 0 saturated heterocycles. The molecule has 6 aliphatic carbocycles. The number of ketones is 3. The smallest absolute Gasteiger partial charge is 0.228 e. The number of hydrogen-bond donors (Lipinski definition) is 0. The molecule has 0 spiro atoms. The van der Waals surface area contributed by atoms with E-state index in [4.69, 9.17) is 13.3 Å². The van der Waals surface area contributed by atoms with Crippen molar-refractivity contribution in [1.29, 1.82) is 0 Å². The van der Waals surface area contributed by atoms with Gasteiger partial charge in [-0.1, -0.05) is 20.8 Å². The SMILES string of the molecule is C[C@@]12CCCc3coc(c31)C(=O)c1cc3c(=O)c4c(c(=O)c3cc12)c1c(=O)c2cc3c(cc2c(=O)c1c1c(=O)c2cc5c(cc2c(=O)c41)[C@]1(C)CCCc2coc(c21)C5=O)[C@]1(C)CCCc2coc(c21)C3=O. The largest absolute Gasteiger partial charge is 0.460 e. The number of aryl methyl sites for hydroxylation is 3. The van der Waals surface area contributed by atoms with Crippen molar-refractivity contribution in [1.82, 2.24) is 0 Å². The lowest BCUT2D eigenvalue weighted by Gasteiger charge is -2.39. The van der Waals surface area contributed by atoms with Gasteiger partial charge in [-0.3, -0.25) is 43.2 Å². The Hall–Kier alpha value is -8.25. The molecule has 6 aliphatic rings. The summed E-state index contributed by atoms with van der Waals surface area (Å²) in [7, 11) is 0. The molecule has 0 saturated carbocycles. The van der Waals surface area contributed by atoms with Gasteiger partial charge in [-0.25, -0.2) is 0 Å². The highest BCUT2D eigenvalue weighted by atomic mass is 16.3. The summed E-state index contributed by atoms with van der Waals surface area (Å²) in [5, 5.41) is -4.11. The average molecular weight is 949 g/mol. The third-order valence-electron chi connectivity index (χ3n) is 18.6. The van der Waals surface area contributed by atoms with E-state index in [1.165, 1.54) is 36.4 Å². The van der Waals surface area contributed by atoms with E-state index >= 15 is 28.8 Å². The van der Waals surface area contributed by atoms with E-state index in [0.717, 1.165) is 52.6 Å². The van der Waals surface area contributed by atoms with Gasteiger partial charge in [-0.2, -0.15) is 0 Å². The molecule has 0 N–H and O–H groups in total. The lowest BCUT2D eigenvalue weighted by Crippen LogP contribution is -2.36. The molecule has 16 rings (SSSR count). The van der Waals surface area contributed by atoms with Crippen LogP contribution < -0.4 is 32.6 Å². The molecule has 0 radical (unpaired) electrons. The summed E-state index contributed by atoms with van der Waals surface area (Å²) in [4.78, 5) is 137. The van der Waals surface area contributed by atoms with Crippen molar-refractivity contribution in [3.63, 3.8) is 0 Å². The first-order chi connectivity index (χ1) is 34.6. The number of benzene rings is 7. The zero-order valence-electron chi connectivity index (χ0n) is 39.0. The third kappa shape index (κ3) is 4.24. The molecule has 0 bridgehead atoms. The van der Waals surface area contributed by atoms with Crippen molar-refractivity contribution < 1.29 is 27.6 Å². The van der Waals surface area contributed by atoms with E-state index in [0.29, 0.717) is 55.2 Å². The molecule has 12 nitrogen and oxygen atoms in total. The first-order valence-corrected chi connectivity index (χ1v) is 24.6. The summed E-state index contributed by atoms with van der Waals surface area (Å²) in [6.07, 6.45) is 10.9. The first-order valence-electron chi connectivity index (χ1n) is 24.6. The summed E-state index contributed by atoms with van der Waals surface area (Å²) in [6, 6.07) is 8.70. The van der Waals surface area contributed by atoms with Gasteiger partial charge in [0, 0.05) is 114 Å². The van der Waals surface area contributed by atoms with E-state index in [9.17, 15) is 14.4 Å². The molecule has 7 aromatic carbocycles. The minimum atomic E-state index is -0.892. The summed E-state index contributed by atoms with van der Waals surface area (Å²) in [5.74, 6) is -0.936. The Morgan fingerprint density at radius 2 is 0.583 bits per heavy atom. The number of carbonyl (C=O) groups is 3. The second-order valence-electron chi connectivity index (χ2n) is 22.0. The van der Waals surface area contributed by atoms with E-state index in [1.54, 1.807) is 18.8 Å². The molecular formula is C60H36O12. The minimum Gasteiger partial charge on any atom is -0.460 e. The number of fused-ring (bicyclic) bond motifs is 15. The third-order valence-corrected chi connectivity index (χ3v) is 18.6. The van der Waals surface area contributed by atoms with Gasteiger partial charge >= 0.3 is 0 Å². The molecule has 0 amide bonds. The highest BCUT2D eigenvalue weighted by Gasteiger charge is 2.49. The zero-order valence-corrected chi connectivity index (χ0v) is 39.0. The van der Waals surface area contributed by atoms with Crippen LogP contribution in [0.3, 0.4) is 0 Å². The fourth-order valence-electron chi connectivity index (χ4n) is 15.3. The van der Waals surface area contributed by atoms with Crippen molar-refractivity contribution in [2.45, 2.75) is 94.8 Å². The Morgan fingerprint density at radius 3 is 0.833 bits per heavy atom. The van der Waals surface area contributed by atoms with Crippen LogP contribution in [0, 0.1) is 0 Å². The van der Waals surface area contributed by atoms with E-state index in [-0.39, 0.29) is 66.3 Å². The molecule has 3 atom stereocenters. The van der Waals surface area contributed by atoms with Crippen LogP contribution in [0.25, 0.3) is 64.6 Å². The lowest BCUT2D eigenvalue weighted by molar-refractivity contribution is 0.0991. The number of carbonyl (C=O) groups excluding carboxylic acids is 3. The Balaban J connectivity index is 1.11. The van der Waals surface area contributed by atoms with Crippen LogP contribution in [-0.4, -0.2) is 17.3 Å². The highest BCUT2D eigenvalue weighted by molar-refractivity contribution is 6.31. The van der Waals surface area contributed by atoms with Crippen LogP contribution in [0.15, 0.2) is 97.2 Å². The number of furan rings is 3. The van der Waals surface area contributed by atoms with Crippen LogP contribution >= 0.6 is 0 Å². The van der Waals surface area contributed by atoms with E-state index in [1.807, 2.05) is 20.8 Å². The van der Waals surface area contributed by atoms with Gasteiger partial charge in [-0.15, -0.1) is 0 Å². The maximum Gasteiger partial charge on any atom is 0.228 e. The molecule has 3 heterocycles. The number of rotatable bonds is 0. The quantitative estimate of drug-likeness (QED) is 0.104. The minimum absolute atomic E-state index is 0.126. The molecule has 3 aromatic heterocycles. The monoisotopic (exact) mass is 948 g/mol. The fraction of sp³-hybridized carbons (Fsp3) is 0.250. The normalized spacial score (nSPS) is 22.5. The van der Waals surface area contributed by atoms with Crippen molar-refractivity contribution in [2.24, 2.45) is 0 Å². The summed E-state index contributed by atoms with van der Waals surface area (Å²) in [5.41, 5.74) is -0.746. The standard InChI is InChI=1S/C60H36O12/c1-58-10-4-7-22-19-70-55(43(22)58)52(67)31-13-25-28(16-34(31)58)49(64)40-37(46(25)61)41-39(48(63)27-15-33-36(18-30(27)50(41)65)60(3)12-6-9-24-21-72-57(45(24)60)54(33)69)42-38(40)47(62)26-14-32-35(17-29(26)51(42)66)59(2)11-5-8-23-20-71-56(44(23)59)53(32)68/h13-21H,4-12H2,1-3H3/t58-,59-,60-/m0/s1. The Labute approximate surface area is 403 Å². The highest BCUT2D eigenvalue weighted by Crippen LogP contribution is 2.53. The predicted molar refractivity (Wildman–Crippen MR) is 267 cm³/mol. The molecule has 10 aromatic rings. The Morgan fingerprint density at radius 1 is 0.347 bits per heavy atom. The Kier molecular flexibility index (Phi) is 6.99. The van der Waals surface area contributed by atoms with Crippen LogP contribution in [0.2, 0.25) is 0 Å². The van der Waals surface area contributed by atoms with Crippen LogP contribution in [0.1, 0.15) is 158 Å². The van der Waals surface area contributed by atoms with Crippen molar-refractivity contribution >= 4 is 82.0 Å². The summed E-state index contributed by atoms with van der Waals surface area (Å²) in [6.45, 7) is 5.92. The van der Waals surface area contributed by atoms with Gasteiger partial charge in [0.2, 0.25) is 17.3 Å². The van der Waals surface area contributed by atoms with Crippen molar-refractivity contribution in [2.75, 3.05) is 0 Å². The van der Waals surface area contributed by atoms with Gasteiger partial charge in [0.25, 0.3) is 0 Å². The van der Waals surface area contributed by atoms with E-state index < -0.39 is 98.5 Å². The van der Waals surface area contributed by atoms with Crippen LogP contribution in [-0.2, 0) is 35.5 Å². The molecule has 348 valence electrons. The average Bonchev–Trinajstić information content (AvgIpc) is 4.16.